The van der Waals surface area contributed by atoms with Gasteiger partial charge in [-0.2, -0.15) is 10.5 Å². The van der Waals surface area contributed by atoms with Crippen molar-refractivity contribution in [3.8, 4) is 35.1 Å². The van der Waals surface area contributed by atoms with Crippen LogP contribution in [0.15, 0.2) is 59.9 Å². The van der Waals surface area contributed by atoms with E-state index in [1.165, 1.54) is 19.2 Å². The predicted molar refractivity (Wildman–Crippen MR) is 144 cm³/mol. The van der Waals surface area contributed by atoms with E-state index in [2.05, 4.69) is 0 Å². The number of fused-ring (bicyclic) bond motifs is 1. The zero-order chi connectivity index (χ0) is 28.0. The van der Waals surface area contributed by atoms with E-state index >= 15 is 0 Å². The third-order valence-corrected chi connectivity index (χ3v) is 5.81. The van der Waals surface area contributed by atoms with E-state index in [-0.39, 0.29) is 24.5 Å². The van der Waals surface area contributed by atoms with E-state index in [4.69, 9.17) is 24.1 Å². The molecule has 2 aromatic rings. The van der Waals surface area contributed by atoms with Crippen molar-refractivity contribution in [2.75, 3.05) is 20.5 Å². The first-order valence-electron chi connectivity index (χ1n) is 12.5. The maximum absolute atomic E-state index is 10.6. The minimum Gasteiger partial charge on any atom is -0.508 e. The summed E-state index contributed by atoms with van der Waals surface area (Å²) in [4.78, 5) is 10.6. The lowest BCUT2D eigenvalue weighted by atomic mass is 9.97. The number of hydrogen-bond donors (Lipinski definition) is 2. The van der Waals surface area contributed by atoms with Crippen molar-refractivity contribution < 1.29 is 34.0 Å². The van der Waals surface area contributed by atoms with Crippen LogP contribution in [0, 0.1) is 22.7 Å². The van der Waals surface area contributed by atoms with Crippen molar-refractivity contribution in [3.05, 3.63) is 71.0 Å². The highest BCUT2D eigenvalue weighted by atomic mass is 16.7. The number of methoxy groups -OCH3 is 1. The lowest BCUT2D eigenvalue weighted by molar-refractivity contribution is -0.137. The molecule has 0 amide bonds. The average molecular weight is 531 g/mol. The van der Waals surface area contributed by atoms with Crippen LogP contribution in [0.2, 0.25) is 0 Å². The second-order valence-corrected chi connectivity index (χ2v) is 8.69. The second kappa shape index (κ2) is 14.9. The molecule has 0 radical (unpaired) electrons. The molecule has 1 aliphatic rings. The molecule has 9 nitrogen and oxygen atoms in total. The monoisotopic (exact) mass is 530 g/mol. The van der Waals surface area contributed by atoms with Gasteiger partial charge in [-0.05, 0) is 61.4 Å². The predicted octanol–water partition coefficient (Wildman–Crippen LogP) is 5.97. The number of unbranched alkanes of at least 4 members (excludes halogenated alkanes) is 4. The summed E-state index contributed by atoms with van der Waals surface area (Å²) in [6.45, 7) is 0.569. The molecule has 0 aromatic heterocycles. The van der Waals surface area contributed by atoms with Gasteiger partial charge in [0.05, 0.1) is 6.61 Å². The SMILES string of the molecule is COCOc1ccc(C=CC2=CC(=C(C#N)C#N)c3cc(O)ccc3O2)c(OCCCCCCCC(=O)O)c1. The number of carboxylic acids is 1. The molecule has 0 bridgehead atoms. The Bertz CT molecular complexity index is 1330. The highest BCUT2D eigenvalue weighted by Gasteiger charge is 2.20. The summed E-state index contributed by atoms with van der Waals surface area (Å²) in [5, 5.41) is 37.5. The van der Waals surface area contributed by atoms with Crippen molar-refractivity contribution in [1.82, 2.24) is 0 Å². The summed E-state index contributed by atoms with van der Waals surface area (Å²) in [5.41, 5.74) is 1.48. The van der Waals surface area contributed by atoms with Gasteiger partial charge in [-0.15, -0.1) is 0 Å². The second-order valence-electron chi connectivity index (χ2n) is 8.69. The lowest BCUT2D eigenvalue weighted by Gasteiger charge is -2.19. The molecule has 9 heteroatoms. The molecule has 0 spiro atoms. The Morgan fingerprint density at radius 2 is 1.77 bits per heavy atom. The Hall–Kier alpha value is -4.73. The van der Waals surface area contributed by atoms with Gasteiger partial charge in [0.1, 0.15) is 46.5 Å². The number of allylic oxidation sites excluding steroid dienone is 4. The quantitative estimate of drug-likeness (QED) is 0.172. The first-order valence-corrected chi connectivity index (χ1v) is 12.5. The third kappa shape index (κ3) is 8.67. The Morgan fingerprint density at radius 3 is 2.51 bits per heavy atom. The zero-order valence-corrected chi connectivity index (χ0v) is 21.7. The number of rotatable bonds is 14. The highest BCUT2D eigenvalue weighted by Crippen LogP contribution is 2.38. The van der Waals surface area contributed by atoms with Gasteiger partial charge in [0.2, 0.25) is 0 Å². The minimum absolute atomic E-state index is 0.00435. The lowest BCUT2D eigenvalue weighted by Crippen LogP contribution is -2.04. The molecule has 2 N–H and O–H groups in total. The van der Waals surface area contributed by atoms with Crippen LogP contribution in [0.1, 0.15) is 49.7 Å². The number of carbonyl (C=O) groups is 1. The number of carboxylic acid groups (broad SMARTS) is 1. The average Bonchev–Trinajstić information content (AvgIpc) is 2.93. The van der Waals surface area contributed by atoms with Gasteiger partial charge < -0.3 is 29.2 Å². The Kier molecular flexibility index (Phi) is 11.0. The molecule has 0 saturated heterocycles. The Labute approximate surface area is 227 Å². The smallest absolute Gasteiger partial charge is 0.303 e. The molecule has 0 unspecified atom stereocenters. The van der Waals surface area contributed by atoms with Gasteiger partial charge in [0, 0.05) is 36.3 Å². The summed E-state index contributed by atoms with van der Waals surface area (Å²) in [7, 11) is 1.54. The van der Waals surface area contributed by atoms with E-state index in [0.717, 1.165) is 31.2 Å². The zero-order valence-electron chi connectivity index (χ0n) is 21.7. The van der Waals surface area contributed by atoms with Crippen molar-refractivity contribution in [1.29, 1.82) is 10.5 Å². The summed E-state index contributed by atoms with van der Waals surface area (Å²) >= 11 is 0. The van der Waals surface area contributed by atoms with Gasteiger partial charge in [0.25, 0.3) is 0 Å². The molecule has 0 atom stereocenters. The maximum atomic E-state index is 10.6. The molecule has 2 aromatic carbocycles. The van der Waals surface area contributed by atoms with Crippen LogP contribution in [-0.2, 0) is 9.53 Å². The van der Waals surface area contributed by atoms with Crippen molar-refractivity contribution in [3.63, 3.8) is 0 Å². The summed E-state index contributed by atoms with van der Waals surface area (Å²) in [6.07, 6.45) is 9.52. The van der Waals surface area contributed by atoms with E-state index in [1.807, 2.05) is 18.2 Å². The number of aromatic hydroxyl groups is 1. The van der Waals surface area contributed by atoms with Crippen LogP contribution >= 0.6 is 0 Å². The molecule has 3 rings (SSSR count). The van der Waals surface area contributed by atoms with E-state index in [9.17, 15) is 20.4 Å². The summed E-state index contributed by atoms with van der Waals surface area (Å²) in [6, 6.07) is 13.7. The van der Waals surface area contributed by atoms with E-state index < -0.39 is 5.97 Å². The molecule has 0 aliphatic carbocycles. The number of phenols is 1. The van der Waals surface area contributed by atoms with Crippen LogP contribution in [0.5, 0.6) is 23.0 Å². The van der Waals surface area contributed by atoms with Crippen LogP contribution in [0.25, 0.3) is 11.6 Å². The fraction of sp³-hybridized carbons (Fsp3) is 0.300. The van der Waals surface area contributed by atoms with Crippen LogP contribution in [-0.4, -0.2) is 36.7 Å². The molecular weight excluding hydrogens is 500 g/mol. The van der Waals surface area contributed by atoms with Crippen LogP contribution < -0.4 is 14.2 Å². The van der Waals surface area contributed by atoms with Crippen molar-refractivity contribution >= 4 is 17.6 Å². The molecule has 0 saturated carbocycles. The Morgan fingerprint density at radius 1 is 1.00 bits per heavy atom. The van der Waals surface area contributed by atoms with Crippen molar-refractivity contribution in [2.24, 2.45) is 0 Å². The topological polar surface area (TPSA) is 142 Å². The number of benzene rings is 2. The van der Waals surface area contributed by atoms with Crippen LogP contribution in [0.3, 0.4) is 0 Å². The number of nitrogens with zero attached hydrogens (tertiary/aromatic N) is 2. The minimum atomic E-state index is -0.768. The highest BCUT2D eigenvalue weighted by molar-refractivity contribution is 5.87. The van der Waals surface area contributed by atoms with E-state index in [1.54, 1.807) is 36.4 Å². The fourth-order valence-corrected chi connectivity index (χ4v) is 3.89. The molecule has 0 fully saturated rings. The third-order valence-electron chi connectivity index (χ3n) is 5.81. The van der Waals surface area contributed by atoms with Gasteiger partial charge >= 0.3 is 5.97 Å². The standard InChI is InChI=1S/C30H30N2O7/c1-36-20-38-24-11-8-21(29(17-24)37-14-6-4-2-3-5-7-30(34)35)9-12-25-16-26(22(18-31)19-32)27-15-23(33)10-13-28(27)39-25/h8-13,15-17,33H,2-7,14,20H2,1H3,(H,34,35). The molecule has 202 valence electrons. The fourth-order valence-electron chi connectivity index (χ4n) is 3.89. The number of phenolic OH excluding ortho intramolecular Hbond substituents is 1. The summed E-state index contributed by atoms with van der Waals surface area (Å²) in [5.74, 6) is 1.22. The van der Waals surface area contributed by atoms with Gasteiger partial charge in [-0.3, -0.25) is 4.79 Å². The van der Waals surface area contributed by atoms with Crippen LogP contribution in [0.4, 0.5) is 0 Å². The molecule has 1 aliphatic heterocycles. The number of nitriles is 2. The first-order chi connectivity index (χ1) is 18.9. The van der Waals surface area contributed by atoms with Gasteiger partial charge in [0.15, 0.2) is 6.79 Å². The summed E-state index contributed by atoms with van der Waals surface area (Å²) < 4.78 is 22.5. The molecular formula is C30H30N2O7. The number of ether oxygens (including phenoxy) is 4. The normalized spacial score (nSPS) is 12.1. The number of aliphatic carboxylic acids is 1. The van der Waals surface area contributed by atoms with E-state index in [0.29, 0.717) is 47.2 Å². The molecule has 1 heterocycles. The largest absolute Gasteiger partial charge is 0.508 e. The van der Waals surface area contributed by atoms with Gasteiger partial charge in [-0.25, -0.2) is 0 Å². The Balaban J connectivity index is 1.76. The molecule has 39 heavy (non-hydrogen) atoms. The number of hydrogen-bond acceptors (Lipinski definition) is 8. The van der Waals surface area contributed by atoms with Crippen molar-refractivity contribution in [2.45, 2.75) is 38.5 Å². The van der Waals surface area contributed by atoms with Gasteiger partial charge in [-0.1, -0.05) is 19.3 Å². The maximum Gasteiger partial charge on any atom is 0.303 e. The first kappa shape index (κ1) is 28.8.